The lowest BCUT2D eigenvalue weighted by atomic mass is 10.2. The maximum absolute atomic E-state index is 12.4. The molecule has 0 aliphatic rings. The highest BCUT2D eigenvalue weighted by Gasteiger charge is 2.14. The van der Waals surface area contributed by atoms with Crippen LogP contribution in [0.15, 0.2) is 24.3 Å². The van der Waals surface area contributed by atoms with Crippen molar-refractivity contribution in [3.05, 3.63) is 30.1 Å². The lowest BCUT2D eigenvalue weighted by molar-refractivity contribution is 0.131. The standard InChI is InChI=1S/C12H14F2N4/c1-7(11(13)14)15-10-5-3-4-9(6-10)12-16-8(2)17-18-12/h3-7,11,15H,1-2H3,(H,16,17,18). The molecule has 0 amide bonds. The van der Waals surface area contributed by atoms with E-state index in [4.69, 9.17) is 0 Å². The van der Waals surface area contributed by atoms with E-state index in [2.05, 4.69) is 20.5 Å². The Hall–Kier alpha value is -1.98. The molecule has 0 aliphatic carbocycles. The molecule has 6 heteroatoms. The Morgan fingerprint density at radius 2 is 2.11 bits per heavy atom. The largest absolute Gasteiger partial charge is 0.377 e. The van der Waals surface area contributed by atoms with Crippen LogP contribution in [0.3, 0.4) is 0 Å². The van der Waals surface area contributed by atoms with E-state index in [0.717, 1.165) is 5.56 Å². The molecule has 1 unspecified atom stereocenters. The van der Waals surface area contributed by atoms with Crippen LogP contribution in [0.5, 0.6) is 0 Å². The Bertz CT molecular complexity index is 524. The molecule has 0 aliphatic heterocycles. The minimum absolute atomic E-state index is 0.556. The summed E-state index contributed by atoms with van der Waals surface area (Å²) in [7, 11) is 0. The van der Waals surface area contributed by atoms with Crippen LogP contribution in [0.25, 0.3) is 11.4 Å². The summed E-state index contributed by atoms with van der Waals surface area (Å²) in [6.07, 6.45) is -2.40. The molecule has 2 rings (SSSR count). The highest BCUT2D eigenvalue weighted by atomic mass is 19.3. The summed E-state index contributed by atoms with van der Waals surface area (Å²) in [5.74, 6) is 1.27. The molecule has 2 N–H and O–H groups in total. The lowest BCUT2D eigenvalue weighted by Gasteiger charge is -2.14. The third kappa shape index (κ3) is 2.82. The number of alkyl halides is 2. The van der Waals surface area contributed by atoms with Gasteiger partial charge < -0.3 is 5.32 Å². The van der Waals surface area contributed by atoms with Gasteiger partial charge in [0, 0.05) is 11.3 Å². The van der Waals surface area contributed by atoms with Crippen molar-refractivity contribution in [1.29, 1.82) is 0 Å². The van der Waals surface area contributed by atoms with Gasteiger partial charge in [0.2, 0.25) is 0 Å². The van der Waals surface area contributed by atoms with Crippen LogP contribution in [0.4, 0.5) is 14.5 Å². The molecule has 1 atom stereocenters. The fourth-order valence-corrected chi connectivity index (χ4v) is 1.55. The van der Waals surface area contributed by atoms with Crippen LogP contribution in [0, 0.1) is 6.92 Å². The molecule has 2 aromatic rings. The molecule has 0 saturated heterocycles. The van der Waals surface area contributed by atoms with Crippen molar-refractivity contribution < 1.29 is 8.78 Å². The molecule has 18 heavy (non-hydrogen) atoms. The molecule has 1 heterocycles. The van der Waals surface area contributed by atoms with Crippen molar-refractivity contribution in [1.82, 2.24) is 15.2 Å². The molecule has 0 spiro atoms. The summed E-state index contributed by atoms with van der Waals surface area (Å²) in [5, 5.41) is 9.52. The minimum Gasteiger partial charge on any atom is -0.377 e. The second-order valence-electron chi connectivity index (χ2n) is 4.09. The zero-order chi connectivity index (χ0) is 13.1. The SMILES string of the molecule is Cc1nc(-c2cccc(NC(C)C(F)F)c2)n[nH]1. The van der Waals surface area contributed by atoms with Crippen LogP contribution in [-0.2, 0) is 0 Å². The van der Waals surface area contributed by atoms with Crippen LogP contribution < -0.4 is 5.32 Å². The number of halogens is 2. The van der Waals surface area contributed by atoms with Gasteiger partial charge in [-0.2, -0.15) is 5.10 Å². The van der Waals surface area contributed by atoms with Crippen molar-refractivity contribution in [3.63, 3.8) is 0 Å². The van der Waals surface area contributed by atoms with Gasteiger partial charge in [-0.1, -0.05) is 12.1 Å². The van der Waals surface area contributed by atoms with Gasteiger partial charge in [0.25, 0.3) is 6.43 Å². The molecule has 0 fully saturated rings. The molecule has 0 radical (unpaired) electrons. The monoisotopic (exact) mass is 252 g/mol. The number of rotatable bonds is 4. The maximum atomic E-state index is 12.4. The van der Waals surface area contributed by atoms with Crippen molar-refractivity contribution in [3.8, 4) is 11.4 Å². The first-order chi connectivity index (χ1) is 8.56. The second-order valence-corrected chi connectivity index (χ2v) is 4.09. The van der Waals surface area contributed by atoms with E-state index in [9.17, 15) is 8.78 Å². The molecule has 1 aromatic heterocycles. The quantitative estimate of drug-likeness (QED) is 0.879. The van der Waals surface area contributed by atoms with Crippen molar-refractivity contribution >= 4 is 5.69 Å². The van der Waals surface area contributed by atoms with E-state index in [1.54, 1.807) is 25.1 Å². The predicted molar refractivity (Wildman–Crippen MR) is 65.6 cm³/mol. The van der Waals surface area contributed by atoms with Gasteiger partial charge in [-0.05, 0) is 26.0 Å². The van der Waals surface area contributed by atoms with Crippen molar-refractivity contribution in [2.24, 2.45) is 0 Å². The second kappa shape index (κ2) is 5.12. The summed E-state index contributed by atoms with van der Waals surface area (Å²) in [5.41, 5.74) is 1.41. The van der Waals surface area contributed by atoms with Gasteiger partial charge in [-0.15, -0.1) is 0 Å². The van der Waals surface area contributed by atoms with E-state index >= 15 is 0 Å². The van der Waals surface area contributed by atoms with E-state index in [1.165, 1.54) is 6.92 Å². The molecule has 4 nitrogen and oxygen atoms in total. The van der Waals surface area contributed by atoms with Gasteiger partial charge in [-0.25, -0.2) is 13.8 Å². The molecule has 0 saturated carbocycles. The summed E-state index contributed by atoms with van der Waals surface area (Å²) >= 11 is 0. The fraction of sp³-hybridized carbons (Fsp3) is 0.333. The topological polar surface area (TPSA) is 53.6 Å². The normalized spacial score (nSPS) is 12.7. The van der Waals surface area contributed by atoms with Gasteiger partial charge in [0.05, 0.1) is 6.04 Å². The first-order valence-corrected chi connectivity index (χ1v) is 5.60. The van der Waals surface area contributed by atoms with E-state index in [0.29, 0.717) is 17.3 Å². The Morgan fingerprint density at radius 3 is 2.72 bits per heavy atom. The van der Waals surface area contributed by atoms with Crippen LogP contribution in [0.2, 0.25) is 0 Å². The summed E-state index contributed by atoms with van der Waals surface area (Å²) < 4.78 is 24.9. The van der Waals surface area contributed by atoms with Gasteiger partial charge in [-0.3, -0.25) is 5.10 Å². The molecular formula is C12H14F2N4. The number of H-pyrrole nitrogens is 1. The predicted octanol–water partition coefficient (Wildman–Crippen LogP) is 2.85. The number of hydrogen-bond acceptors (Lipinski definition) is 3. The number of nitrogens with zero attached hydrogens (tertiary/aromatic N) is 2. The molecule has 1 aromatic carbocycles. The van der Waals surface area contributed by atoms with Crippen molar-refractivity contribution in [2.75, 3.05) is 5.32 Å². The van der Waals surface area contributed by atoms with E-state index in [1.807, 2.05) is 6.07 Å². The lowest BCUT2D eigenvalue weighted by Crippen LogP contribution is -2.23. The van der Waals surface area contributed by atoms with Crippen LogP contribution >= 0.6 is 0 Å². The number of aromatic nitrogens is 3. The average molecular weight is 252 g/mol. The van der Waals surface area contributed by atoms with Gasteiger partial charge >= 0.3 is 0 Å². The Balaban J connectivity index is 2.20. The smallest absolute Gasteiger partial charge is 0.258 e. The highest BCUT2D eigenvalue weighted by Crippen LogP contribution is 2.20. The molecule has 0 bridgehead atoms. The minimum atomic E-state index is -2.40. The third-order valence-corrected chi connectivity index (χ3v) is 2.49. The van der Waals surface area contributed by atoms with E-state index < -0.39 is 12.5 Å². The first-order valence-electron chi connectivity index (χ1n) is 5.60. The van der Waals surface area contributed by atoms with Gasteiger partial charge in [0.1, 0.15) is 5.82 Å². The zero-order valence-corrected chi connectivity index (χ0v) is 10.1. The fourth-order valence-electron chi connectivity index (χ4n) is 1.55. The van der Waals surface area contributed by atoms with Crippen LogP contribution in [0.1, 0.15) is 12.7 Å². The number of anilines is 1. The van der Waals surface area contributed by atoms with Gasteiger partial charge in [0.15, 0.2) is 5.82 Å². The number of aromatic amines is 1. The Labute approximate surface area is 103 Å². The highest BCUT2D eigenvalue weighted by molar-refractivity contribution is 5.62. The Morgan fingerprint density at radius 1 is 1.33 bits per heavy atom. The van der Waals surface area contributed by atoms with E-state index in [-0.39, 0.29) is 0 Å². The number of aryl methyl sites for hydroxylation is 1. The summed E-state index contributed by atoms with van der Waals surface area (Å²) in [6, 6.07) is 6.21. The summed E-state index contributed by atoms with van der Waals surface area (Å²) in [4.78, 5) is 4.19. The average Bonchev–Trinajstić information content (AvgIpc) is 2.76. The zero-order valence-electron chi connectivity index (χ0n) is 10.1. The Kier molecular flexibility index (Phi) is 3.55. The van der Waals surface area contributed by atoms with Crippen molar-refractivity contribution in [2.45, 2.75) is 26.3 Å². The molecule has 96 valence electrons. The number of hydrogen-bond donors (Lipinski definition) is 2. The number of benzene rings is 1. The number of nitrogens with one attached hydrogen (secondary N) is 2. The molecular weight excluding hydrogens is 238 g/mol. The van der Waals surface area contributed by atoms with Crippen LogP contribution in [-0.4, -0.2) is 27.6 Å². The summed E-state index contributed by atoms with van der Waals surface area (Å²) in [6.45, 7) is 3.24. The third-order valence-electron chi connectivity index (χ3n) is 2.49. The maximum Gasteiger partial charge on any atom is 0.258 e. The first kappa shape index (κ1) is 12.5.